The molecular formula is C9H9NO5S. The molecule has 0 amide bonds. The van der Waals surface area contributed by atoms with Crippen LogP contribution >= 0.6 is 0 Å². The lowest BCUT2D eigenvalue weighted by Crippen LogP contribution is -2.13. The summed E-state index contributed by atoms with van der Waals surface area (Å²) in [4.78, 5) is 20.3. The zero-order valence-corrected chi connectivity index (χ0v) is 9.23. The first-order valence-corrected chi connectivity index (χ1v) is 5.95. The summed E-state index contributed by atoms with van der Waals surface area (Å²) >= 11 is 0. The number of non-ortho nitro benzene ring substituents is 1. The number of benzene rings is 1. The minimum atomic E-state index is -3.67. The molecule has 0 atom stereocenters. The third kappa shape index (κ3) is 2.86. The van der Waals surface area contributed by atoms with Crippen molar-refractivity contribution in [3.8, 4) is 0 Å². The number of Topliss-reactive ketones (excluding diaryl/α,β-unsaturated/α-hetero) is 1. The molecule has 1 rings (SSSR count). The van der Waals surface area contributed by atoms with Crippen molar-refractivity contribution in [1.29, 1.82) is 0 Å². The van der Waals surface area contributed by atoms with E-state index in [1.165, 1.54) is 6.92 Å². The highest BCUT2D eigenvalue weighted by Gasteiger charge is 2.17. The Labute approximate surface area is 92.0 Å². The van der Waals surface area contributed by atoms with Crippen molar-refractivity contribution in [3.05, 3.63) is 34.4 Å². The van der Waals surface area contributed by atoms with E-state index in [1.807, 2.05) is 0 Å². The minimum absolute atomic E-state index is 0.0895. The van der Waals surface area contributed by atoms with E-state index in [2.05, 4.69) is 0 Å². The standard InChI is InChI=1S/C9H9NO5S/c1-7(11)6-16(14,15)9-4-2-8(3-5-9)10(12)13/h2-5H,6H2,1H3. The monoisotopic (exact) mass is 243 g/mol. The van der Waals surface area contributed by atoms with Gasteiger partial charge in [-0.05, 0) is 19.1 Å². The molecule has 16 heavy (non-hydrogen) atoms. The molecule has 1 aromatic rings. The van der Waals surface area contributed by atoms with Crippen LogP contribution in [-0.4, -0.2) is 24.9 Å². The molecule has 0 radical (unpaired) electrons. The highest BCUT2D eigenvalue weighted by Crippen LogP contribution is 2.16. The normalized spacial score (nSPS) is 11.1. The van der Waals surface area contributed by atoms with Gasteiger partial charge in [-0.2, -0.15) is 0 Å². The average molecular weight is 243 g/mol. The molecule has 0 saturated carbocycles. The first-order chi connectivity index (χ1) is 7.33. The van der Waals surface area contributed by atoms with Crippen molar-refractivity contribution in [1.82, 2.24) is 0 Å². The largest absolute Gasteiger partial charge is 0.299 e. The van der Waals surface area contributed by atoms with Crippen molar-refractivity contribution in [3.63, 3.8) is 0 Å². The Hall–Kier alpha value is -1.76. The molecule has 6 nitrogen and oxygen atoms in total. The molecule has 0 N–H and O–H groups in total. The van der Waals surface area contributed by atoms with Crippen LogP contribution in [0.25, 0.3) is 0 Å². The van der Waals surface area contributed by atoms with Gasteiger partial charge in [-0.15, -0.1) is 0 Å². The van der Waals surface area contributed by atoms with Crippen LogP contribution < -0.4 is 0 Å². The van der Waals surface area contributed by atoms with Crippen molar-refractivity contribution >= 4 is 21.3 Å². The second-order valence-electron chi connectivity index (χ2n) is 3.21. The topological polar surface area (TPSA) is 94.3 Å². The van der Waals surface area contributed by atoms with Gasteiger partial charge >= 0.3 is 0 Å². The number of nitro benzene ring substituents is 1. The van der Waals surface area contributed by atoms with Crippen LogP contribution in [0.2, 0.25) is 0 Å². The predicted octanol–water partition coefficient (Wildman–Crippen LogP) is 0.958. The van der Waals surface area contributed by atoms with Gasteiger partial charge in [-0.1, -0.05) is 0 Å². The molecule has 0 aliphatic carbocycles. The van der Waals surface area contributed by atoms with Crippen molar-refractivity contribution < 1.29 is 18.1 Å². The van der Waals surface area contributed by atoms with E-state index in [9.17, 15) is 23.3 Å². The van der Waals surface area contributed by atoms with Crippen LogP contribution in [0, 0.1) is 10.1 Å². The van der Waals surface area contributed by atoms with E-state index < -0.39 is 26.3 Å². The van der Waals surface area contributed by atoms with E-state index in [4.69, 9.17) is 0 Å². The second-order valence-corrected chi connectivity index (χ2v) is 5.20. The van der Waals surface area contributed by atoms with Crippen molar-refractivity contribution in [2.45, 2.75) is 11.8 Å². The fourth-order valence-corrected chi connectivity index (χ4v) is 2.38. The summed E-state index contributed by atoms with van der Waals surface area (Å²) in [6.07, 6.45) is 0. The number of nitrogens with zero attached hydrogens (tertiary/aromatic N) is 1. The van der Waals surface area contributed by atoms with Crippen LogP contribution in [0.1, 0.15) is 6.92 Å². The Morgan fingerprint density at radius 1 is 1.31 bits per heavy atom. The molecule has 0 aliphatic heterocycles. The summed E-state index contributed by atoms with van der Waals surface area (Å²) in [7, 11) is -3.67. The van der Waals surface area contributed by atoms with Crippen LogP contribution in [0.4, 0.5) is 5.69 Å². The Kier molecular flexibility index (Phi) is 3.38. The highest BCUT2D eigenvalue weighted by molar-refractivity contribution is 7.92. The summed E-state index contributed by atoms with van der Waals surface area (Å²) in [5, 5.41) is 10.3. The van der Waals surface area contributed by atoms with E-state index in [0.717, 1.165) is 24.3 Å². The van der Waals surface area contributed by atoms with Crippen LogP contribution in [0.3, 0.4) is 0 Å². The molecule has 0 heterocycles. The summed E-state index contributed by atoms with van der Waals surface area (Å²) in [6, 6.07) is 4.42. The lowest BCUT2D eigenvalue weighted by atomic mass is 10.3. The summed E-state index contributed by atoms with van der Waals surface area (Å²) in [6.45, 7) is 1.17. The molecule has 0 bridgehead atoms. The Balaban J connectivity index is 3.07. The highest BCUT2D eigenvalue weighted by atomic mass is 32.2. The zero-order valence-electron chi connectivity index (χ0n) is 8.41. The lowest BCUT2D eigenvalue weighted by Gasteiger charge is -2.01. The summed E-state index contributed by atoms with van der Waals surface area (Å²) in [5.41, 5.74) is -0.193. The number of sulfone groups is 1. The molecule has 0 unspecified atom stereocenters. The van der Waals surface area contributed by atoms with Gasteiger partial charge < -0.3 is 0 Å². The number of carbonyl (C=O) groups excluding carboxylic acids is 1. The number of hydrogen-bond donors (Lipinski definition) is 0. The number of rotatable bonds is 4. The van der Waals surface area contributed by atoms with Crippen LogP contribution in [0.5, 0.6) is 0 Å². The minimum Gasteiger partial charge on any atom is -0.299 e. The molecule has 0 spiro atoms. The zero-order chi connectivity index (χ0) is 12.3. The smallest absolute Gasteiger partial charge is 0.269 e. The Bertz CT molecular complexity index is 517. The summed E-state index contributed by atoms with van der Waals surface area (Å²) < 4.78 is 23.1. The molecule has 0 fully saturated rings. The number of carbonyl (C=O) groups is 1. The first kappa shape index (κ1) is 12.3. The van der Waals surface area contributed by atoms with Gasteiger partial charge in [-0.25, -0.2) is 8.42 Å². The number of nitro groups is 1. The van der Waals surface area contributed by atoms with Crippen molar-refractivity contribution in [2.24, 2.45) is 0 Å². The lowest BCUT2D eigenvalue weighted by molar-refractivity contribution is -0.384. The van der Waals surface area contributed by atoms with Gasteiger partial charge in [0.15, 0.2) is 9.84 Å². The van der Waals surface area contributed by atoms with Gasteiger partial charge in [0.25, 0.3) is 5.69 Å². The molecular weight excluding hydrogens is 234 g/mol. The van der Waals surface area contributed by atoms with E-state index in [1.54, 1.807) is 0 Å². The molecule has 7 heteroatoms. The van der Waals surface area contributed by atoms with Gasteiger partial charge in [0, 0.05) is 12.1 Å². The predicted molar refractivity (Wildman–Crippen MR) is 55.8 cm³/mol. The molecule has 86 valence electrons. The maximum absolute atomic E-state index is 11.5. The van der Waals surface area contributed by atoms with Crippen LogP contribution in [-0.2, 0) is 14.6 Å². The van der Waals surface area contributed by atoms with Crippen LogP contribution in [0.15, 0.2) is 29.2 Å². The molecule has 0 aromatic heterocycles. The van der Waals surface area contributed by atoms with Gasteiger partial charge in [0.1, 0.15) is 11.5 Å². The number of hydrogen-bond acceptors (Lipinski definition) is 5. The van der Waals surface area contributed by atoms with E-state index in [-0.39, 0.29) is 10.6 Å². The van der Waals surface area contributed by atoms with Crippen molar-refractivity contribution in [2.75, 3.05) is 5.75 Å². The maximum Gasteiger partial charge on any atom is 0.269 e. The quantitative estimate of drug-likeness (QED) is 0.579. The Morgan fingerprint density at radius 3 is 2.19 bits per heavy atom. The first-order valence-electron chi connectivity index (χ1n) is 4.29. The van der Waals surface area contributed by atoms with E-state index >= 15 is 0 Å². The molecule has 0 saturated heterocycles. The third-order valence-electron chi connectivity index (χ3n) is 1.80. The summed E-state index contributed by atoms with van der Waals surface area (Å²) in [5.74, 6) is -1.07. The number of ketones is 1. The maximum atomic E-state index is 11.5. The fourth-order valence-electron chi connectivity index (χ4n) is 1.13. The average Bonchev–Trinajstić information content (AvgIpc) is 2.16. The SMILES string of the molecule is CC(=O)CS(=O)(=O)c1ccc([N+](=O)[O-])cc1. The Morgan fingerprint density at radius 2 is 1.81 bits per heavy atom. The molecule has 1 aromatic carbocycles. The van der Waals surface area contributed by atoms with Gasteiger partial charge in [-0.3, -0.25) is 14.9 Å². The fraction of sp³-hybridized carbons (Fsp3) is 0.222. The third-order valence-corrected chi connectivity index (χ3v) is 3.58. The van der Waals surface area contributed by atoms with E-state index in [0.29, 0.717) is 0 Å². The molecule has 0 aliphatic rings. The second kappa shape index (κ2) is 4.40. The van der Waals surface area contributed by atoms with Gasteiger partial charge in [0.2, 0.25) is 0 Å². The van der Waals surface area contributed by atoms with Gasteiger partial charge in [0.05, 0.1) is 9.82 Å².